The third-order valence-electron chi connectivity index (χ3n) is 5.16. The van der Waals surface area contributed by atoms with Crippen LogP contribution in [0, 0.1) is 0 Å². The Morgan fingerprint density at radius 2 is 1.79 bits per heavy atom. The molecule has 0 radical (unpaired) electrons. The molecule has 0 atom stereocenters. The number of ether oxygens (including phenoxy) is 2. The molecule has 1 aromatic heterocycles. The van der Waals surface area contributed by atoms with Gasteiger partial charge in [-0.05, 0) is 49.6 Å². The summed E-state index contributed by atoms with van der Waals surface area (Å²) in [5.41, 5.74) is 1.97. The summed E-state index contributed by atoms with van der Waals surface area (Å²) in [5.74, 6) is 3.27. The highest BCUT2D eigenvalue weighted by Gasteiger charge is 2.16. The molecule has 0 aliphatic carbocycles. The van der Waals surface area contributed by atoms with Crippen molar-refractivity contribution in [2.24, 2.45) is 0 Å². The van der Waals surface area contributed by atoms with Crippen LogP contribution < -0.4 is 19.7 Å². The van der Waals surface area contributed by atoms with E-state index in [0.29, 0.717) is 6.54 Å². The van der Waals surface area contributed by atoms with Crippen molar-refractivity contribution in [3.05, 3.63) is 48.0 Å². The second-order valence-corrected chi connectivity index (χ2v) is 6.97. The van der Waals surface area contributed by atoms with E-state index in [-0.39, 0.29) is 0 Å². The molecule has 0 spiro atoms. The number of hydrogen-bond acceptors (Lipinski definition) is 6. The van der Waals surface area contributed by atoms with Crippen LogP contribution in [0.4, 0.5) is 11.8 Å². The Balaban J connectivity index is 1.66. The van der Waals surface area contributed by atoms with Gasteiger partial charge in [0, 0.05) is 30.6 Å². The summed E-state index contributed by atoms with van der Waals surface area (Å²) >= 11 is 0. The highest BCUT2D eigenvalue weighted by molar-refractivity contribution is 5.90. The third-order valence-corrected chi connectivity index (χ3v) is 5.16. The fourth-order valence-electron chi connectivity index (χ4n) is 3.63. The smallest absolute Gasteiger partial charge is 0.227 e. The van der Waals surface area contributed by atoms with Gasteiger partial charge in [-0.2, -0.15) is 4.98 Å². The van der Waals surface area contributed by atoms with Gasteiger partial charge < -0.3 is 19.7 Å². The fourth-order valence-corrected chi connectivity index (χ4v) is 3.63. The number of nitrogens with zero attached hydrogens (tertiary/aromatic N) is 3. The summed E-state index contributed by atoms with van der Waals surface area (Å²) in [6, 6.07) is 13.9. The molecule has 4 rings (SSSR count). The normalized spacial score (nSPS) is 14.1. The van der Waals surface area contributed by atoms with Crippen LogP contribution in [0.15, 0.2) is 42.5 Å². The zero-order valence-corrected chi connectivity index (χ0v) is 16.4. The quantitative estimate of drug-likeness (QED) is 0.692. The number of aromatic nitrogens is 2. The average molecular weight is 378 g/mol. The lowest BCUT2D eigenvalue weighted by Gasteiger charge is -2.27. The first-order valence-corrected chi connectivity index (χ1v) is 9.75. The Bertz CT molecular complexity index is 954. The van der Waals surface area contributed by atoms with E-state index in [1.165, 1.54) is 19.3 Å². The van der Waals surface area contributed by atoms with Crippen LogP contribution >= 0.6 is 0 Å². The molecule has 1 saturated heterocycles. The minimum Gasteiger partial charge on any atom is -0.497 e. The maximum absolute atomic E-state index is 5.50. The molecule has 2 heterocycles. The Kier molecular flexibility index (Phi) is 5.46. The molecular formula is C22H26N4O2. The predicted octanol–water partition coefficient (Wildman–Crippen LogP) is 4.25. The molecule has 6 heteroatoms. The van der Waals surface area contributed by atoms with Crippen molar-refractivity contribution < 1.29 is 9.47 Å². The highest BCUT2D eigenvalue weighted by atomic mass is 16.5. The molecule has 3 aromatic rings. The maximum atomic E-state index is 5.50. The fraction of sp³-hybridized carbons (Fsp3) is 0.364. The van der Waals surface area contributed by atoms with Crippen molar-refractivity contribution >= 4 is 22.7 Å². The Hall–Kier alpha value is -3.02. The van der Waals surface area contributed by atoms with Crippen molar-refractivity contribution in [3.8, 4) is 11.5 Å². The van der Waals surface area contributed by atoms with Crippen LogP contribution in [-0.2, 0) is 6.54 Å². The first-order valence-electron chi connectivity index (χ1n) is 9.75. The Labute approximate surface area is 165 Å². The summed E-state index contributed by atoms with van der Waals surface area (Å²) in [6.45, 7) is 2.61. The van der Waals surface area contributed by atoms with E-state index in [4.69, 9.17) is 19.4 Å². The predicted molar refractivity (Wildman–Crippen MR) is 112 cm³/mol. The molecule has 1 fully saturated rings. The van der Waals surface area contributed by atoms with Crippen LogP contribution in [-0.4, -0.2) is 37.3 Å². The number of hydrogen-bond donors (Lipinski definition) is 1. The van der Waals surface area contributed by atoms with Gasteiger partial charge in [-0.25, -0.2) is 4.98 Å². The summed E-state index contributed by atoms with van der Waals surface area (Å²) < 4.78 is 10.9. The van der Waals surface area contributed by atoms with Crippen LogP contribution in [0.3, 0.4) is 0 Å². The van der Waals surface area contributed by atoms with Gasteiger partial charge in [0.1, 0.15) is 17.3 Å². The van der Waals surface area contributed by atoms with E-state index in [1.807, 2.05) is 36.4 Å². The van der Waals surface area contributed by atoms with Crippen molar-refractivity contribution in [2.45, 2.75) is 25.8 Å². The van der Waals surface area contributed by atoms with Crippen molar-refractivity contribution in [1.82, 2.24) is 9.97 Å². The zero-order valence-electron chi connectivity index (χ0n) is 16.4. The molecule has 28 heavy (non-hydrogen) atoms. The number of fused-ring (bicyclic) bond motifs is 1. The van der Waals surface area contributed by atoms with Gasteiger partial charge in [-0.3, -0.25) is 0 Å². The number of rotatable bonds is 6. The van der Waals surface area contributed by atoms with E-state index >= 15 is 0 Å². The second-order valence-electron chi connectivity index (χ2n) is 6.97. The van der Waals surface area contributed by atoms with E-state index in [2.05, 4.69) is 16.3 Å². The summed E-state index contributed by atoms with van der Waals surface area (Å²) in [4.78, 5) is 12.0. The number of para-hydroxylation sites is 1. The largest absolute Gasteiger partial charge is 0.497 e. The summed E-state index contributed by atoms with van der Waals surface area (Å²) in [5, 5.41) is 4.51. The summed E-state index contributed by atoms with van der Waals surface area (Å²) in [7, 11) is 3.35. The van der Waals surface area contributed by atoms with E-state index in [0.717, 1.165) is 52.8 Å². The number of methoxy groups -OCH3 is 2. The monoisotopic (exact) mass is 378 g/mol. The van der Waals surface area contributed by atoms with E-state index in [1.54, 1.807) is 14.2 Å². The van der Waals surface area contributed by atoms with Gasteiger partial charge in [0.15, 0.2) is 0 Å². The number of benzene rings is 2. The molecule has 146 valence electrons. The van der Waals surface area contributed by atoms with Crippen LogP contribution in [0.25, 0.3) is 10.9 Å². The first-order chi connectivity index (χ1) is 13.8. The number of piperidine rings is 1. The Morgan fingerprint density at radius 1 is 0.964 bits per heavy atom. The molecule has 0 unspecified atom stereocenters. The molecule has 1 aliphatic rings. The second kappa shape index (κ2) is 8.33. The highest BCUT2D eigenvalue weighted by Crippen LogP contribution is 2.28. The number of nitrogens with one attached hydrogen (secondary N) is 1. The molecule has 1 aliphatic heterocycles. The van der Waals surface area contributed by atoms with Crippen molar-refractivity contribution in [1.29, 1.82) is 0 Å². The minimum absolute atomic E-state index is 0.584. The van der Waals surface area contributed by atoms with Gasteiger partial charge in [-0.15, -0.1) is 0 Å². The lowest BCUT2D eigenvalue weighted by atomic mass is 10.1. The summed E-state index contributed by atoms with van der Waals surface area (Å²) in [6.07, 6.45) is 3.67. The van der Waals surface area contributed by atoms with Gasteiger partial charge in [0.05, 0.1) is 19.7 Å². The van der Waals surface area contributed by atoms with Crippen molar-refractivity contribution in [3.63, 3.8) is 0 Å². The number of anilines is 2. The zero-order chi connectivity index (χ0) is 19.3. The van der Waals surface area contributed by atoms with Crippen LogP contribution in [0.2, 0.25) is 0 Å². The van der Waals surface area contributed by atoms with Crippen LogP contribution in [0.1, 0.15) is 24.8 Å². The van der Waals surface area contributed by atoms with Gasteiger partial charge in [-0.1, -0.05) is 12.1 Å². The van der Waals surface area contributed by atoms with E-state index in [9.17, 15) is 0 Å². The topological polar surface area (TPSA) is 59.5 Å². The lowest BCUT2D eigenvalue weighted by molar-refractivity contribution is 0.399. The van der Waals surface area contributed by atoms with Gasteiger partial charge in [0.2, 0.25) is 5.95 Å². The average Bonchev–Trinajstić information content (AvgIpc) is 2.77. The van der Waals surface area contributed by atoms with Crippen molar-refractivity contribution in [2.75, 3.05) is 37.5 Å². The minimum atomic E-state index is 0.584. The SMILES string of the molecule is COc1ccc(OC)c(CNc2nc(N3CCCCC3)nc3ccccc23)c1. The Morgan fingerprint density at radius 3 is 2.57 bits per heavy atom. The molecule has 1 N–H and O–H groups in total. The lowest BCUT2D eigenvalue weighted by Crippen LogP contribution is -2.31. The molecule has 6 nitrogen and oxygen atoms in total. The third kappa shape index (κ3) is 3.81. The molecular weight excluding hydrogens is 352 g/mol. The molecule has 0 saturated carbocycles. The molecule has 0 bridgehead atoms. The van der Waals surface area contributed by atoms with Gasteiger partial charge in [0.25, 0.3) is 0 Å². The first kappa shape index (κ1) is 18.3. The van der Waals surface area contributed by atoms with Gasteiger partial charge >= 0.3 is 0 Å². The van der Waals surface area contributed by atoms with E-state index < -0.39 is 0 Å². The molecule has 0 amide bonds. The molecule has 2 aromatic carbocycles. The maximum Gasteiger partial charge on any atom is 0.227 e. The van der Waals surface area contributed by atoms with Crippen LogP contribution in [0.5, 0.6) is 11.5 Å². The standard InChI is InChI=1S/C22H26N4O2/c1-27-17-10-11-20(28-2)16(14-17)15-23-21-18-8-4-5-9-19(18)24-22(25-21)26-12-6-3-7-13-26/h4-5,8-11,14H,3,6-7,12-13,15H2,1-2H3,(H,23,24,25).